The van der Waals surface area contributed by atoms with Gasteiger partial charge in [0.15, 0.2) is 19.9 Å². The minimum Gasteiger partial charge on any atom is -0.550 e. The van der Waals surface area contributed by atoms with Gasteiger partial charge in [0.05, 0.1) is 0 Å². The maximum atomic E-state index is 8.89. The first-order valence-corrected chi connectivity index (χ1v) is 14.3. The number of carboxylic acids is 4. The van der Waals surface area contributed by atoms with Gasteiger partial charge in [-0.1, -0.05) is 72.8 Å². The first kappa shape index (κ1) is 53.8. The molecule has 52 heavy (non-hydrogen) atoms. The Kier molecular flexibility index (Phi) is 44.9. The van der Waals surface area contributed by atoms with Crippen LogP contribution in [0, 0.1) is 21.6 Å². The molecule has 0 saturated heterocycles. The van der Waals surface area contributed by atoms with E-state index in [1.165, 1.54) is 0 Å². The molecule has 0 aliphatic heterocycles. The van der Waals surface area contributed by atoms with Crippen LogP contribution in [0.25, 0.3) is 19.9 Å². The van der Waals surface area contributed by atoms with E-state index in [-0.39, 0.29) is 0 Å². The molecule has 18 heteroatoms. The molecule has 0 amide bonds. The molecule has 0 spiro atoms. The van der Waals surface area contributed by atoms with Gasteiger partial charge in [-0.3, -0.25) is 0 Å². The summed E-state index contributed by atoms with van der Waals surface area (Å²) in [5, 5.41) is 68.2. The fraction of sp³-hybridized carbons (Fsp3) is 0.176. The zero-order chi connectivity index (χ0) is 41.0. The van der Waals surface area contributed by atoms with Crippen molar-refractivity contribution in [3.8, 4) is 0 Å². The highest BCUT2D eigenvalue weighted by molar-refractivity contribution is 5.61. The molecule has 0 saturated carbocycles. The lowest BCUT2D eigenvalue weighted by Crippen LogP contribution is -2.16. The molecule has 18 nitrogen and oxygen atoms in total. The number of carbonyl (C=O) groups is 4. The monoisotopic (exact) mass is 716 g/mol. The average Bonchev–Trinajstić information content (AvgIpc) is 3.13. The summed E-state index contributed by atoms with van der Waals surface area (Å²) < 4.78 is 0. The Morgan fingerprint density at radius 1 is 0.404 bits per heavy atom. The maximum Gasteiger partial charge on any atom is 0.385 e. The van der Waals surface area contributed by atoms with E-state index in [9.17, 15) is 0 Å². The Bertz CT molecular complexity index is 1380. The molecular weight excluding hydrogens is 676 g/mol. The van der Waals surface area contributed by atoms with Crippen LogP contribution in [0.4, 0.5) is 22.7 Å². The van der Waals surface area contributed by atoms with Crippen molar-refractivity contribution in [3.63, 3.8) is 0 Å². The summed E-state index contributed by atoms with van der Waals surface area (Å²) in [5.74, 6) is -4.33. The van der Waals surface area contributed by atoms with Crippen LogP contribution in [-0.4, -0.2) is 37.0 Å². The van der Waals surface area contributed by atoms with Crippen LogP contribution in [-0.2, 0) is 19.2 Å². The number of rotatable bonds is 1. The molecule has 4 N–H and O–H groups in total. The van der Waals surface area contributed by atoms with Crippen LogP contribution in [0.1, 0.15) is 27.7 Å². The lowest BCUT2D eigenvalue weighted by Gasteiger charge is -1.77. The molecule has 4 aromatic carbocycles. The third kappa shape index (κ3) is 65.1. The summed E-state index contributed by atoms with van der Waals surface area (Å²) in [4.78, 5) is 47.4. The van der Waals surface area contributed by atoms with Gasteiger partial charge in [0.1, 0.15) is 0 Å². The fourth-order valence-corrected chi connectivity index (χ4v) is 1.98. The molecule has 4 aromatic rings. The number of diazo groups is 4. The summed E-state index contributed by atoms with van der Waals surface area (Å²) >= 11 is 0. The number of nitrogens with zero attached hydrogens (tertiary/aromatic N) is 8. The molecule has 0 atom stereocenters. The SMILES string of the molecule is CC(=O)[O-].CC(=O)[O-].CC(=O)[O-].CC(=O)[O-].N#[N+]c1ccccc1.N#[N+]c1ccccc1.N#[N+]c1ccccc1.N#[N+]c1ccccc1.NCCN. The minimum atomic E-state index is -1.08. The van der Waals surface area contributed by atoms with Crippen LogP contribution in [0.3, 0.4) is 0 Å². The van der Waals surface area contributed by atoms with Gasteiger partial charge in [0.2, 0.25) is 21.6 Å². The van der Waals surface area contributed by atoms with Gasteiger partial charge in [-0.2, -0.15) is 0 Å². The lowest BCUT2D eigenvalue weighted by atomic mass is 10.3. The number of aliphatic carboxylic acids is 4. The molecule has 0 aromatic heterocycles. The van der Waals surface area contributed by atoms with E-state index in [1.807, 2.05) is 72.8 Å². The number of benzene rings is 4. The third-order valence-electron chi connectivity index (χ3n) is 3.65. The van der Waals surface area contributed by atoms with Gasteiger partial charge in [0.25, 0.3) is 0 Å². The van der Waals surface area contributed by atoms with Crippen molar-refractivity contribution in [2.24, 2.45) is 11.5 Å². The van der Waals surface area contributed by atoms with E-state index >= 15 is 0 Å². The second-order valence-electron chi connectivity index (χ2n) is 8.29. The summed E-state index contributed by atoms with van der Waals surface area (Å²) in [5.41, 5.74) is 12.2. The summed E-state index contributed by atoms with van der Waals surface area (Å²) in [7, 11) is 0. The van der Waals surface area contributed by atoms with Crippen molar-refractivity contribution in [1.29, 1.82) is 21.6 Å². The van der Waals surface area contributed by atoms with Crippen molar-refractivity contribution in [2.75, 3.05) is 13.1 Å². The second-order valence-corrected chi connectivity index (χ2v) is 8.29. The van der Waals surface area contributed by atoms with Gasteiger partial charge in [-0.25, -0.2) is 0 Å². The number of carbonyl (C=O) groups excluding carboxylic acids is 4. The molecule has 274 valence electrons. The summed E-state index contributed by atoms with van der Waals surface area (Å²) in [6.45, 7) is 5.08. The average molecular weight is 717 g/mol. The van der Waals surface area contributed by atoms with E-state index in [0.29, 0.717) is 35.8 Å². The Morgan fingerprint density at radius 2 is 0.519 bits per heavy atom. The highest BCUT2D eigenvalue weighted by Crippen LogP contribution is 2.09. The van der Waals surface area contributed by atoms with Crippen molar-refractivity contribution in [3.05, 3.63) is 141 Å². The predicted molar refractivity (Wildman–Crippen MR) is 186 cm³/mol. The first-order valence-electron chi connectivity index (χ1n) is 14.3. The highest BCUT2D eigenvalue weighted by atomic mass is 16.4. The molecule has 0 aliphatic rings. The third-order valence-corrected chi connectivity index (χ3v) is 3.65. The number of nitrogens with two attached hydrogens (primary N) is 2. The molecule has 0 unspecified atom stereocenters. The van der Waals surface area contributed by atoms with Crippen molar-refractivity contribution in [1.82, 2.24) is 0 Å². The smallest absolute Gasteiger partial charge is 0.385 e. The zero-order valence-electron chi connectivity index (χ0n) is 29.0. The Hall–Kier alpha value is -7.64. The van der Waals surface area contributed by atoms with E-state index < -0.39 is 23.9 Å². The second kappa shape index (κ2) is 43.4. The van der Waals surface area contributed by atoms with Crippen molar-refractivity contribution < 1.29 is 39.6 Å². The normalized spacial score (nSPS) is 7.35. The molecule has 0 radical (unpaired) electrons. The van der Waals surface area contributed by atoms with E-state index in [0.717, 1.165) is 27.7 Å². The summed E-state index contributed by atoms with van der Waals surface area (Å²) in [6.07, 6.45) is 0. The minimum absolute atomic E-state index is 0.590. The maximum absolute atomic E-state index is 8.89. The van der Waals surface area contributed by atoms with Gasteiger partial charge >= 0.3 is 22.7 Å². The zero-order valence-corrected chi connectivity index (χ0v) is 29.0. The van der Waals surface area contributed by atoms with Crippen LogP contribution in [0.2, 0.25) is 0 Å². The Labute approximate surface area is 301 Å². The van der Waals surface area contributed by atoms with Crippen LogP contribution in [0.5, 0.6) is 0 Å². The standard InChI is InChI=1S/4C6H5N2.C2H8N2.4C2H4O2/c4*7-8-6-4-2-1-3-5-6;3-1-2-4;4*1-2(3)4/h4*1-5H;1-4H2;4*1H3,(H,3,4)/q4*+1;;;;;/p-4. The number of hydrogen-bond acceptors (Lipinski definition) is 14. The lowest BCUT2D eigenvalue weighted by molar-refractivity contribution is -0.303. The van der Waals surface area contributed by atoms with Crippen LogP contribution < -0.4 is 31.9 Å². The van der Waals surface area contributed by atoms with Crippen molar-refractivity contribution >= 4 is 46.6 Å². The molecule has 0 fully saturated rings. The molecule has 0 heterocycles. The quantitative estimate of drug-likeness (QED) is 0.267. The Morgan fingerprint density at radius 3 is 0.577 bits per heavy atom. The van der Waals surface area contributed by atoms with Gasteiger partial charge in [-0.05, 0) is 27.7 Å². The van der Waals surface area contributed by atoms with Gasteiger partial charge in [-0.15, -0.1) is 0 Å². The van der Waals surface area contributed by atoms with Gasteiger partial charge < -0.3 is 51.1 Å². The Balaban J connectivity index is -0.000000163. The first-order chi connectivity index (χ1) is 24.6. The number of hydrogen-bond donors (Lipinski definition) is 2. The van der Waals surface area contributed by atoms with E-state index in [2.05, 4.69) is 19.9 Å². The van der Waals surface area contributed by atoms with E-state index in [4.69, 9.17) is 72.6 Å². The topological polar surface area (TPSA) is 325 Å². The van der Waals surface area contributed by atoms with E-state index in [1.54, 1.807) is 48.5 Å². The van der Waals surface area contributed by atoms with Crippen LogP contribution >= 0.6 is 0 Å². The molecule has 0 bridgehead atoms. The van der Waals surface area contributed by atoms with Gasteiger partial charge in [0, 0.05) is 85.5 Å². The fourth-order valence-electron chi connectivity index (χ4n) is 1.98. The highest BCUT2D eigenvalue weighted by Gasteiger charge is 1.98. The summed E-state index contributed by atoms with van der Waals surface area (Å²) in [6, 6.07) is 35.8. The largest absolute Gasteiger partial charge is 0.550 e. The number of carboxylic acid groups (broad SMARTS) is 4. The molecule has 0 aliphatic carbocycles. The molecule has 4 rings (SSSR count). The molecular formula is C34H40N10O8. The predicted octanol–water partition coefficient (Wildman–Crippen LogP) is 2.61. The van der Waals surface area contributed by atoms with Crippen LogP contribution in [0.15, 0.2) is 121 Å². The van der Waals surface area contributed by atoms with Crippen molar-refractivity contribution in [2.45, 2.75) is 27.7 Å².